The average molecular weight is 476 g/mol. The summed E-state index contributed by atoms with van der Waals surface area (Å²) in [5.41, 5.74) is -0.684. The number of phenols is 1. The molecule has 0 aliphatic heterocycles. The van der Waals surface area contributed by atoms with Gasteiger partial charge >= 0.3 is 6.18 Å². The Balaban J connectivity index is 2.18. The van der Waals surface area contributed by atoms with E-state index in [0.29, 0.717) is 17.1 Å². The molecule has 0 saturated heterocycles. The van der Waals surface area contributed by atoms with Gasteiger partial charge in [0, 0.05) is 27.1 Å². The lowest BCUT2D eigenvalue weighted by atomic mass is 9.91. The lowest BCUT2D eigenvalue weighted by Crippen LogP contribution is -2.12. The van der Waals surface area contributed by atoms with E-state index in [4.69, 9.17) is 21.1 Å². The molecule has 0 saturated carbocycles. The minimum Gasteiger partial charge on any atom is -0.507 e. The third-order valence-corrected chi connectivity index (χ3v) is 5.48. The molecule has 170 valence electrons. The number of hydrogen-bond donors (Lipinski definition) is 2. The number of ether oxygens (including phenoxy) is 2. The van der Waals surface area contributed by atoms with Crippen molar-refractivity contribution >= 4 is 22.5 Å². The molecule has 4 rings (SSSR count). The molecule has 0 fully saturated rings. The van der Waals surface area contributed by atoms with E-state index >= 15 is 0 Å². The number of nitrogens with one attached hydrogen (secondary N) is 1. The molecular weight excluding hydrogens is 459 g/mol. The highest BCUT2D eigenvalue weighted by atomic mass is 35.5. The highest BCUT2D eigenvalue weighted by Gasteiger charge is 2.31. The summed E-state index contributed by atoms with van der Waals surface area (Å²) < 4.78 is 51.1. The van der Waals surface area contributed by atoms with Crippen LogP contribution in [0.15, 0.2) is 59.4 Å². The van der Waals surface area contributed by atoms with E-state index in [2.05, 4.69) is 4.98 Å². The van der Waals surface area contributed by atoms with Gasteiger partial charge in [0.1, 0.15) is 5.75 Å². The Morgan fingerprint density at radius 2 is 1.64 bits per heavy atom. The smallest absolute Gasteiger partial charge is 0.416 e. The number of hydrogen-bond acceptors (Lipinski definition) is 4. The van der Waals surface area contributed by atoms with E-state index < -0.39 is 17.3 Å². The molecule has 0 unspecified atom stereocenters. The SMILES string of the molecule is COc1ccc(-c2c(-c3cc(Cl)ccc3O)c3cc(C(F)(F)F)ccc3[nH]c2=O)cc1OC. The molecule has 0 atom stereocenters. The van der Waals surface area contributed by atoms with E-state index in [0.717, 1.165) is 12.1 Å². The average Bonchev–Trinajstić information content (AvgIpc) is 2.78. The van der Waals surface area contributed by atoms with Crippen LogP contribution in [-0.4, -0.2) is 24.3 Å². The second kappa shape index (κ2) is 8.37. The first-order chi connectivity index (χ1) is 15.6. The van der Waals surface area contributed by atoms with Crippen LogP contribution in [0.3, 0.4) is 0 Å². The Labute approximate surface area is 191 Å². The number of benzene rings is 3. The molecule has 0 amide bonds. The van der Waals surface area contributed by atoms with Gasteiger partial charge in [-0.3, -0.25) is 4.79 Å². The first-order valence-corrected chi connectivity index (χ1v) is 10.0. The van der Waals surface area contributed by atoms with Crippen molar-refractivity contribution in [3.63, 3.8) is 0 Å². The van der Waals surface area contributed by atoms with E-state index in [1.54, 1.807) is 12.1 Å². The Morgan fingerprint density at radius 3 is 2.30 bits per heavy atom. The molecule has 0 aliphatic rings. The maximum atomic E-state index is 13.5. The zero-order valence-corrected chi connectivity index (χ0v) is 18.1. The first kappa shape index (κ1) is 22.5. The summed E-state index contributed by atoms with van der Waals surface area (Å²) in [6, 6.07) is 11.8. The highest BCUT2D eigenvalue weighted by molar-refractivity contribution is 6.31. The quantitative estimate of drug-likeness (QED) is 0.365. The zero-order chi connectivity index (χ0) is 23.9. The monoisotopic (exact) mass is 475 g/mol. The fourth-order valence-corrected chi connectivity index (χ4v) is 3.90. The van der Waals surface area contributed by atoms with Gasteiger partial charge in [0.25, 0.3) is 5.56 Å². The van der Waals surface area contributed by atoms with E-state index in [9.17, 15) is 23.1 Å². The number of aromatic nitrogens is 1. The van der Waals surface area contributed by atoms with E-state index in [-0.39, 0.29) is 38.4 Å². The van der Waals surface area contributed by atoms with Crippen LogP contribution in [-0.2, 0) is 6.18 Å². The summed E-state index contributed by atoms with van der Waals surface area (Å²) in [4.78, 5) is 15.8. The van der Waals surface area contributed by atoms with Gasteiger partial charge < -0.3 is 19.6 Å². The fourth-order valence-electron chi connectivity index (χ4n) is 3.72. The van der Waals surface area contributed by atoms with Crippen molar-refractivity contribution in [2.75, 3.05) is 14.2 Å². The van der Waals surface area contributed by atoms with Crippen molar-refractivity contribution in [1.29, 1.82) is 0 Å². The van der Waals surface area contributed by atoms with Crippen molar-refractivity contribution in [3.05, 3.63) is 75.5 Å². The third kappa shape index (κ3) is 4.09. The predicted octanol–water partition coefficient (Wildman–Crippen LogP) is 6.26. The molecule has 5 nitrogen and oxygen atoms in total. The molecule has 1 heterocycles. The predicted molar refractivity (Wildman–Crippen MR) is 120 cm³/mol. The van der Waals surface area contributed by atoms with Crippen LogP contribution in [0.4, 0.5) is 13.2 Å². The molecular formula is C24H17ClF3NO4. The lowest BCUT2D eigenvalue weighted by Gasteiger charge is -2.17. The molecule has 0 bridgehead atoms. The number of fused-ring (bicyclic) bond motifs is 1. The molecule has 4 aromatic rings. The maximum absolute atomic E-state index is 13.5. The number of aromatic amines is 1. The van der Waals surface area contributed by atoms with Crippen LogP contribution < -0.4 is 15.0 Å². The van der Waals surface area contributed by atoms with Crippen LogP contribution in [0, 0.1) is 0 Å². The van der Waals surface area contributed by atoms with Gasteiger partial charge in [-0.1, -0.05) is 17.7 Å². The largest absolute Gasteiger partial charge is 0.507 e. The number of pyridine rings is 1. The Kier molecular flexibility index (Phi) is 5.71. The molecule has 1 aromatic heterocycles. The minimum absolute atomic E-state index is 0.0420. The normalized spacial score (nSPS) is 11.6. The van der Waals surface area contributed by atoms with E-state index in [1.807, 2.05) is 0 Å². The third-order valence-electron chi connectivity index (χ3n) is 5.24. The van der Waals surface area contributed by atoms with E-state index in [1.165, 1.54) is 44.6 Å². The van der Waals surface area contributed by atoms with Crippen LogP contribution >= 0.6 is 11.6 Å². The van der Waals surface area contributed by atoms with Gasteiger partial charge in [-0.05, 0) is 54.1 Å². The molecule has 0 aliphatic carbocycles. The summed E-state index contributed by atoms with van der Waals surface area (Å²) in [6.07, 6.45) is -4.61. The summed E-state index contributed by atoms with van der Waals surface area (Å²) in [6.45, 7) is 0. The van der Waals surface area contributed by atoms with Crippen molar-refractivity contribution < 1.29 is 27.8 Å². The Bertz CT molecular complexity index is 1430. The fraction of sp³-hybridized carbons (Fsp3) is 0.125. The summed E-state index contributed by atoms with van der Waals surface area (Å²) >= 11 is 6.13. The number of methoxy groups -OCH3 is 2. The second-order valence-electron chi connectivity index (χ2n) is 7.19. The topological polar surface area (TPSA) is 71.5 Å². The second-order valence-corrected chi connectivity index (χ2v) is 7.63. The molecule has 9 heteroatoms. The van der Waals surface area contributed by atoms with Crippen LogP contribution in [0.5, 0.6) is 17.2 Å². The molecule has 0 radical (unpaired) electrons. The Hall–Kier alpha value is -3.65. The van der Waals surface area contributed by atoms with Crippen LogP contribution in [0.1, 0.15) is 5.56 Å². The maximum Gasteiger partial charge on any atom is 0.416 e. The lowest BCUT2D eigenvalue weighted by molar-refractivity contribution is -0.137. The number of alkyl halides is 3. The highest BCUT2D eigenvalue weighted by Crippen LogP contribution is 2.43. The number of phenolic OH excluding ortho intramolecular Hbond substituents is 1. The van der Waals surface area contributed by atoms with Gasteiger partial charge in [0.2, 0.25) is 0 Å². The van der Waals surface area contributed by atoms with Crippen molar-refractivity contribution in [1.82, 2.24) is 4.98 Å². The standard InChI is InChI=1S/C24H17ClF3NO4/c1-32-19-8-3-12(9-20(19)33-2)21-22(16-11-14(25)5-7-18(16)30)15-10-13(24(26,27)28)4-6-17(15)29-23(21)31/h3-11,30H,1-2H3,(H,29,31). The number of rotatable bonds is 4. The van der Waals surface area contributed by atoms with Crippen molar-refractivity contribution in [3.8, 4) is 39.5 Å². The molecule has 2 N–H and O–H groups in total. The summed E-state index contributed by atoms with van der Waals surface area (Å²) in [5, 5.41) is 10.9. The summed E-state index contributed by atoms with van der Waals surface area (Å²) in [7, 11) is 2.88. The number of aromatic hydroxyl groups is 1. The summed E-state index contributed by atoms with van der Waals surface area (Å²) in [5.74, 6) is 0.482. The van der Waals surface area contributed by atoms with Gasteiger partial charge in [-0.2, -0.15) is 13.2 Å². The van der Waals surface area contributed by atoms with Crippen LogP contribution in [0.2, 0.25) is 5.02 Å². The van der Waals surface area contributed by atoms with Crippen molar-refractivity contribution in [2.45, 2.75) is 6.18 Å². The number of H-pyrrole nitrogens is 1. The van der Waals surface area contributed by atoms with Gasteiger partial charge in [0.15, 0.2) is 11.5 Å². The molecule has 0 spiro atoms. The van der Waals surface area contributed by atoms with Crippen molar-refractivity contribution in [2.24, 2.45) is 0 Å². The van der Waals surface area contributed by atoms with Gasteiger partial charge in [0.05, 0.1) is 25.3 Å². The molecule has 33 heavy (non-hydrogen) atoms. The van der Waals surface area contributed by atoms with Crippen LogP contribution in [0.25, 0.3) is 33.2 Å². The van der Waals surface area contributed by atoms with Gasteiger partial charge in [-0.15, -0.1) is 0 Å². The molecule has 3 aromatic carbocycles. The Morgan fingerprint density at radius 1 is 0.909 bits per heavy atom. The first-order valence-electron chi connectivity index (χ1n) is 9.62. The van der Waals surface area contributed by atoms with Gasteiger partial charge in [-0.25, -0.2) is 0 Å². The number of halogens is 4. The minimum atomic E-state index is -4.61. The zero-order valence-electron chi connectivity index (χ0n) is 17.4.